The summed E-state index contributed by atoms with van der Waals surface area (Å²) in [6.45, 7) is 1.90. The number of hydrogen-bond donors (Lipinski definition) is 2. The minimum absolute atomic E-state index is 0.129. The number of carbonyl (C=O) groups is 1. The van der Waals surface area contributed by atoms with Gasteiger partial charge in [0.2, 0.25) is 0 Å². The molecular weight excluding hydrogens is 346 g/mol. The van der Waals surface area contributed by atoms with Crippen LogP contribution in [0.4, 0.5) is 5.82 Å². The van der Waals surface area contributed by atoms with Crippen LogP contribution in [-0.4, -0.2) is 44.4 Å². The Balaban J connectivity index is 1.52. The number of benzene rings is 1. The summed E-state index contributed by atoms with van der Waals surface area (Å²) < 4.78 is 16.1. The summed E-state index contributed by atoms with van der Waals surface area (Å²) in [6, 6.07) is 9.29. The molecule has 1 amide bonds. The Morgan fingerprint density at radius 2 is 2.07 bits per heavy atom. The minimum atomic E-state index is -0.135. The number of pyridine rings is 1. The van der Waals surface area contributed by atoms with Gasteiger partial charge in [0.05, 0.1) is 25.9 Å². The molecular formula is C20H25N3O4. The molecule has 1 unspecified atom stereocenters. The second kappa shape index (κ2) is 9.23. The van der Waals surface area contributed by atoms with Crippen LogP contribution in [0.3, 0.4) is 0 Å². The molecule has 1 aromatic heterocycles. The van der Waals surface area contributed by atoms with Gasteiger partial charge in [0, 0.05) is 25.9 Å². The van der Waals surface area contributed by atoms with Gasteiger partial charge >= 0.3 is 0 Å². The highest BCUT2D eigenvalue weighted by atomic mass is 16.5. The van der Waals surface area contributed by atoms with Crippen molar-refractivity contribution in [2.24, 2.45) is 0 Å². The van der Waals surface area contributed by atoms with Crippen molar-refractivity contribution in [3.05, 3.63) is 47.7 Å². The minimum Gasteiger partial charge on any atom is -0.493 e. The van der Waals surface area contributed by atoms with E-state index in [0.29, 0.717) is 36.0 Å². The SMILES string of the molecule is COc1ccc(CNc2ccc(C(=O)NCC3CCCO3)cn2)cc1OC. The zero-order valence-electron chi connectivity index (χ0n) is 15.7. The average Bonchev–Trinajstić information content (AvgIpc) is 3.24. The molecule has 0 spiro atoms. The summed E-state index contributed by atoms with van der Waals surface area (Å²) in [7, 11) is 3.22. The van der Waals surface area contributed by atoms with Gasteiger partial charge in [0.15, 0.2) is 11.5 Å². The average molecular weight is 371 g/mol. The van der Waals surface area contributed by atoms with Gasteiger partial charge in [-0.3, -0.25) is 4.79 Å². The molecule has 144 valence electrons. The van der Waals surface area contributed by atoms with Crippen LogP contribution in [-0.2, 0) is 11.3 Å². The third-order valence-corrected chi connectivity index (χ3v) is 4.46. The van der Waals surface area contributed by atoms with Crippen molar-refractivity contribution in [2.45, 2.75) is 25.5 Å². The van der Waals surface area contributed by atoms with Crippen molar-refractivity contribution >= 4 is 11.7 Å². The Labute approximate surface area is 159 Å². The maximum absolute atomic E-state index is 12.2. The topological polar surface area (TPSA) is 81.7 Å². The van der Waals surface area contributed by atoms with Crippen LogP contribution in [0.1, 0.15) is 28.8 Å². The predicted octanol–water partition coefficient (Wildman–Crippen LogP) is 2.62. The van der Waals surface area contributed by atoms with Crippen molar-refractivity contribution in [1.82, 2.24) is 10.3 Å². The molecule has 3 rings (SSSR count). The molecule has 2 N–H and O–H groups in total. The highest BCUT2D eigenvalue weighted by molar-refractivity contribution is 5.94. The number of rotatable bonds is 8. The van der Waals surface area contributed by atoms with E-state index in [1.807, 2.05) is 18.2 Å². The number of aromatic nitrogens is 1. The van der Waals surface area contributed by atoms with E-state index in [2.05, 4.69) is 15.6 Å². The summed E-state index contributed by atoms with van der Waals surface area (Å²) >= 11 is 0. The Bertz CT molecular complexity index is 758. The summed E-state index contributed by atoms with van der Waals surface area (Å²) in [6.07, 6.45) is 3.76. The molecule has 27 heavy (non-hydrogen) atoms. The standard InChI is InChI=1S/C20H25N3O4/c1-25-17-7-5-14(10-18(17)26-2)11-21-19-8-6-15(12-22-19)20(24)23-13-16-4-3-9-27-16/h5-8,10,12,16H,3-4,9,11,13H2,1-2H3,(H,21,22)(H,23,24). The maximum atomic E-state index is 12.2. The lowest BCUT2D eigenvalue weighted by Gasteiger charge is -2.12. The molecule has 0 saturated carbocycles. The van der Waals surface area contributed by atoms with Crippen LogP contribution in [0.2, 0.25) is 0 Å². The van der Waals surface area contributed by atoms with Crippen LogP contribution in [0, 0.1) is 0 Å². The zero-order chi connectivity index (χ0) is 19.1. The third-order valence-electron chi connectivity index (χ3n) is 4.46. The van der Waals surface area contributed by atoms with Crippen molar-refractivity contribution in [3.8, 4) is 11.5 Å². The first-order valence-corrected chi connectivity index (χ1v) is 9.00. The molecule has 1 aliphatic rings. The largest absolute Gasteiger partial charge is 0.493 e. The second-order valence-electron chi connectivity index (χ2n) is 6.32. The molecule has 0 bridgehead atoms. The fourth-order valence-electron chi connectivity index (χ4n) is 2.93. The van der Waals surface area contributed by atoms with Gasteiger partial charge in [-0.1, -0.05) is 6.07 Å². The van der Waals surface area contributed by atoms with Gasteiger partial charge < -0.3 is 24.8 Å². The first kappa shape index (κ1) is 19.0. The summed E-state index contributed by atoms with van der Waals surface area (Å²) in [4.78, 5) is 16.5. The molecule has 0 radical (unpaired) electrons. The number of hydrogen-bond acceptors (Lipinski definition) is 6. The van der Waals surface area contributed by atoms with Gasteiger partial charge in [0.25, 0.3) is 5.91 Å². The monoisotopic (exact) mass is 371 g/mol. The molecule has 1 fully saturated rings. The number of anilines is 1. The van der Waals surface area contributed by atoms with E-state index in [0.717, 1.165) is 25.0 Å². The third kappa shape index (κ3) is 5.10. The normalized spacial score (nSPS) is 16.0. The van der Waals surface area contributed by atoms with Gasteiger partial charge in [-0.05, 0) is 42.7 Å². The van der Waals surface area contributed by atoms with Gasteiger partial charge in [-0.2, -0.15) is 0 Å². The van der Waals surface area contributed by atoms with Gasteiger partial charge in [-0.15, -0.1) is 0 Å². The molecule has 2 aromatic rings. The van der Waals surface area contributed by atoms with Gasteiger partial charge in [0.1, 0.15) is 5.82 Å². The molecule has 1 saturated heterocycles. The second-order valence-corrected chi connectivity index (χ2v) is 6.32. The first-order chi connectivity index (χ1) is 13.2. The van der Waals surface area contributed by atoms with Crippen LogP contribution >= 0.6 is 0 Å². The zero-order valence-corrected chi connectivity index (χ0v) is 15.7. The Kier molecular flexibility index (Phi) is 6.49. The Hall–Kier alpha value is -2.80. The van der Waals surface area contributed by atoms with E-state index in [9.17, 15) is 4.79 Å². The number of ether oxygens (including phenoxy) is 3. The lowest BCUT2D eigenvalue weighted by molar-refractivity contribution is 0.0857. The fourth-order valence-corrected chi connectivity index (χ4v) is 2.93. The Morgan fingerprint density at radius 1 is 1.22 bits per heavy atom. The predicted molar refractivity (Wildman–Crippen MR) is 102 cm³/mol. The molecule has 0 aliphatic carbocycles. The quantitative estimate of drug-likeness (QED) is 0.742. The lowest BCUT2D eigenvalue weighted by atomic mass is 10.2. The van der Waals surface area contributed by atoms with E-state index in [1.165, 1.54) is 0 Å². The number of amides is 1. The van der Waals surface area contributed by atoms with Crippen LogP contribution in [0.15, 0.2) is 36.5 Å². The first-order valence-electron chi connectivity index (χ1n) is 9.00. The van der Waals surface area contributed by atoms with Crippen molar-refractivity contribution in [2.75, 3.05) is 32.7 Å². The molecule has 2 heterocycles. The summed E-state index contributed by atoms with van der Waals surface area (Å²) in [5.41, 5.74) is 1.57. The van der Waals surface area contributed by atoms with E-state index in [-0.39, 0.29) is 12.0 Å². The molecule has 7 nitrogen and oxygen atoms in total. The van der Waals surface area contributed by atoms with E-state index < -0.39 is 0 Å². The number of methoxy groups -OCH3 is 2. The summed E-state index contributed by atoms with van der Waals surface area (Å²) in [5.74, 6) is 1.94. The number of nitrogens with zero attached hydrogens (tertiary/aromatic N) is 1. The van der Waals surface area contributed by atoms with Gasteiger partial charge in [-0.25, -0.2) is 4.98 Å². The van der Waals surface area contributed by atoms with E-state index >= 15 is 0 Å². The van der Waals surface area contributed by atoms with Crippen molar-refractivity contribution in [1.29, 1.82) is 0 Å². The lowest BCUT2D eigenvalue weighted by Crippen LogP contribution is -2.31. The highest BCUT2D eigenvalue weighted by Crippen LogP contribution is 2.27. The molecule has 1 aliphatic heterocycles. The van der Waals surface area contributed by atoms with E-state index in [1.54, 1.807) is 32.5 Å². The number of carbonyl (C=O) groups excluding carboxylic acids is 1. The molecule has 1 atom stereocenters. The smallest absolute Gasteiger partial charge is 0.252 e. The highest BCUT2D eigenvalue weighted by Gasteiger charge is 2.16. The summed E-state index contributed by atoms with van der Waals surface area (Å²) in [5, 5.41) is 6.13. The van der Waals surface area contributed by atoms with Crippen molar-refractivity contribution in [3.63, 3.8) is 0 Å². The Morgan fingerprint density at radius 3 is 2.74 bits per heavy atom. The van der Waals surface area contributed by atoms with Crippen LogP contribution < -0.4 is 20.1 Å². The van der Waals surface area contributed by atoms with Crippen LogP contribution in [0.5, 0.6) is 11.5 Å². The fraction of sp³-hybridized carbons (Fsp3) is 0.400. The number of nitrogens with one attached hydrogen (secondary N) is 2. The molecule has 7 heteroatoms. The maximum Gasteiger partial charge on any atom is 0.252 e. The van der Waals surface area contributed by atoms with E-state index in [4.69, 9.17) is 14.2 Å². The molecule has 1 aromatic carbocycles. The van der Waals surface area contributed by atoms with Crippen molar-refractivity contribution < 1.29 is 19.0 Å². The van der Waals surface area contributed by atoms with Crippen LogP contribution in [0.25, 0.3) is 0 Å².